The van der Waals surface area contributed by atoms with E-state index in [9.17, 15) is 9.59 Å². The zero-order valence-corrected chi connectivity index (χ0v) is 5.83. The van der Waals surface area contributed by atoms with Gasteiger partial charge in [-0.15, -0.1) is 0 Å². The molecule has 0 aromatic rings. The first-order valence-corrected chi connectivity index (χ1v) is 2.79. The van der Waals surface area contributed by atoms with E-state index in [4.69, 9.17) is 0 Å². The van der Waals surface area contributed by atoms with Crippen LogP contribution in [0.25, 0.3) is 0 Å². The molecule has 1 rings (SSSR count). The fourth-order valence-electron chi connectivity index (χ4n) is 0.664. The molecule has 1 aliphatic heterocycles. The van der Waals surface area contributed by atoms with Crippen LogP contribution in [0.2, 0.25) is 0 Å². The van der Waals surface area contributed by atoms with Gasteiger partial charge in [0.1, 0.15) is 6.67 Å². The van der Waals surface area contributed by atoms with Crippen LogP contribution in [0.5, 0.6) is 0 Å². The number of rotatable bonds is 0. The van der Waals surface area contributed by atoms with Gasteiger partial charge in [-0.3, -0.25) is 9.80 Å². The van der Waals surface area contributed by atoms with Crippen LogP contribution < -0.4 is 0 Å². The smallest absolute Gasteiger partial charge is 0.359 e. The number of ether oxygens (including phenoxy) is 1. The summed E-state index contributed by atoms with van der Waals surface area (Å²) >= 11 is 0. The maximum Gasteiger partial charge on any atom is 0.419 e. The molecule has 0 saturated carbocycles. The second kappa shape index (κ2) is 2.17. The van der Waals surface area contributed by atoms with E-state index in [-0.39, 0.29) is 6.67 Å². The van der Waals surface area contributed by atoms with Crippen LogP contribution in [-0.2, 0) is 4.74 Å². The van der Waals surface area contributed by atoms with Gasteiger partial charge in [0.05, 0.1) is 0 Å². The average Bonchev–Trinajstić information content (AvgIpc) is 1.84. The Balaban J connectivity index is 2.63. The molecule has 10 heavy (non-hydrogen) atoms. The molecule has 0 aromatic heterocycles. The van der Waals surface area contributed by atoms with Crippen molar-refractivity contribution in [2.24, 2.45) is 0 Å². The van der Waals surface area contributed by atoms with Crippen molar-refractivity contribution in [3.8, 4) is 0 Å². The maximum absolute atomic E-state index is 10.6. The Morgan fingerprint density at radius 1 is 1.20 bits per heavy atom. The lowest BCUT2D eigenvalue weighted by atomic mass is 10.7. The number of hydrogen-bond donors (Lipinski definition) is 0. The van der Waals surface area contributed by atoms with Gasteiger partial charge in [-0.2, -0.15) is 0 Å². The van der Waals surface area contributed by atoms with Crippen molar-refractivity contribution in [3.63, 3.8) is 0 Å². The monoisotopic (exact) mass is 144 g/mol. The SMILES string of the molecule is CN1CN(C)C(=O)OC1=O. The molecule has 0 aliphatic carbocycles. The molecule has 5 heteroatoms. The maximum atomic E-state index is 10.6. The summed E-state index contributed by atoms with van der Waals surface area (Å²) in [5.74, 6) is 0. The van der Waals surface area contributed by atoms with E-state index < -0.39 is 12.2 Å². The first kappa shape index (κ1) is 6.85. The normalized spacial score (nSPS) is 19.4. The quantitative estimate of drug-likeness (QED) is 0.452. The van der Waals surface area contributed by atoms with Gasteiger partial charge in [0, 0.05) is 14.1 Å². The minimum atomic E-state index is -0.594. The Labute approximate surface area is 58.1 Å². The lowest BCUT2D eigenvalue weighted by molar-refractivity contribution is 0.0591. The molecule has 56 valence electrons. The van der Waals surface area contributed by atoms with E-state index in [1.165, 1.54) is 9.80 Å². The van der Waals surface area contributed by atoms with E-state index >= 15 is 0 Å². The molecular weight excluding hydrogens is 136 g/mol. The summed E-state index contributed by atoms with van der Waals surface area (Å²) < 4.78 is 4.28. The van der Waals surface area contributed by atoms with Crippen LogP contribution in [0.4, 0.5) is 9.59 Å². The third-order valence-corrected chi connectivity index (χ3v) is 1.22. The van der Waals surface area contributed by atoms with Gasteiger partial charge in [-0.25, -0.2) is 9.59 Å². The van der Waals surface area contributed by atoms with E-state index in [0.29, 0.717) is 0 Å². The second-order valence-corrected chi connectivity index (χ2v) is 2.17. The van der Waals surface area contributed by atoms with Gasteiger partial charge in [-0.1, -0.05) is 0 Å². The Morgan fingerprint density at radius 3 is 1.90 bits per heavy atom. The summed E-state index contributed by atoms with van der Waals surface area (Å²) in [5.41, 5.74) is 0. The molecule has 1 fully saturated rings. The fourth-order valence-corrected chi connectivity index (χ4v) is 0.664. The number of nitrogens with zero attached hydrogens (tertiary/aromatic N) is 2. The van der Waals surface area contributed by atoms with Crippen LogP contribution in [0.15, 0.2) is 0 Å². The van der Waals surface area contributed by atoms with Crippen LogP contribution >= 0.6 is 0 Å². The summed E-state index contributed by atoms with van der Waals surface area (Å²) in [6.45, 7) is 0.289. The highest BCUT2D eigenvalue weighted by atomic mass is 16.6. The third-order valence-electron chi connectivity index (χ3n) is 1.22. The zero-order chi connectivity index (χ0) is 7.72. The average molecular weight is 144 g/mol. The van der Waals surface area contributed by atoms with Crippen LogP contribution in [0.1, 0.15) is 0 Å². The van der Waals surface area contributed by atoms with Gasteiger partial charge < -0.3 is 4.74 Å². The topological polar surface area (TPSA) is 49.9 Å². The van der Waals surface area contributed by atoms with Crippen molar-refractivity contribution in [1.82, 2.24) is 9.80 Å². The molecule has 1 heterocycles. The van der Waals surface area contributed by atoms with Crippen molar-refractivity contribution in [2.45, 2.75) is 0 Å². The van der Waals surface area contributed by atoms with Gasteiger partial charge in [0.2, 0.25) is 0 Å². The molecule has 0 N–H and O–H groups in total. The van der Waals surface area contributed by atoms with Crippen molar-refractivity contribution in [1.29, 1.82) is 0 Å². The van der Waals surface area contributed by atoms with Gasteiger partial charge >= 0.3 is 12.2 Å². The highest BCUT2D eigenvalue weighted by molar-refractivity contribution is 5.85. The molecule has 0 radical (unpaired) electrons. The Bertz CT molecular complexity index is 162. The molecule has 2 amide bonds. The van der Waals surface area contributed by atoms with E-state index in [1.54, 1.807) is 14.1 Å². The van der Waals surface area contributed by atoms with Crippen LogP contribution in [-0.4, -0.2) is 42.8 Å². The third kappa shape index (κ3) is 1.02. The molecular formula is C5H8N2O3. The second-order valence-electron chi connectivity index (χ2n) is 2.17. The van der Waals surface area contributed by atoms with Crippen LogP contribution in [0.3, 0.4) is 0 Å². The summed E-state index contributed by atoms with van der Waals surface area (Å²) in [6.07, 6.45) is -1.19. The number of cyclic esters (lactones) is 2. The summed E-state index contributed by atoms with van der Waals surface area (Å²) in [4.78, 5) is 23.8. The fraction of sp³-hybridized carbons (Fsp3) is 0.600. The first-order valence-electron chi connectivity index (χ1n) is 2.79. The molecule has 0 unspecified atom stereocenters. The highest BCUT2D eigenvalue weighted by Gasteiger charge is 2.25. The Hall–Kier alpha value is -1.26. The largest absolute Gasteiger partial charge is 0.419 e. The van der Waals surface area contributed by atoms with E-state index in [2.05, 4.69) is 4.74 Å². The van der Waals surface area contributed by atoms with Crippen molar-refractivity contribution < 1.29 is 14.3 Å². The van der Waals surface area contributed by atoms with Gasteiger partial charge in [0.25, 0.3) is 0 Å². The summed E-state index contributed by atoms with van der Waals surface area (Å²) in [6, 6.07) is 0. The zero-order valence-electron chi connectivity index (χ0n) is 5.83. The van der Waals surface area contributed by atoms with E-state index in [1.807, 2.05) is 0 Å². The van der Waals surface area contributed by atoms with E-state index in [0.717, 1.165) is 0 Å². The molecule has 1 saturated heterocycles. The highest BCUT2D eigenvalue weighted by Crippen LogP contribution is 2.02. The Kier molecular flexibility index (Phi) is 1.48. The van der Waals surface area contributed by atoms with Crippen LogP contribution in [0, 0.1) is 0 Å². The predicted octanol–water partition coefficient (Wildman–Crippen LogP) is 0.0777. The summed E-state index contributed by atoms with van der Waals surface area (Å²) in [5, 5.41) is 0. The van der Waals surface area contributed by atoms with Gasteiger partial charge in [0.15, 0.2) is 0 Å². The van der Waals surface area contributed by atoms with Gasteiger partial charge in [-0.05, 0) is 0 Å². The number of hydrogen-bond acceptors (Lipinski definition) is 3. The standard InChI is InChI=1S/C5H8N2O3/c1-6-3-7(2)5(9)10-4(6)8/h3H2,1-2H3. The number of carbonyl (C=O) groups excluding carboxylic acids is 2. The molecule has 0 atom stereocenters. The lowest BCUT2D eigenvalue weighted by Crippen LogP contribution is -2.47. The summed E-state index contributed by atoms with van der Waals surface area (Å²) in [7, 11) is 3.12. The number of carbonyl (C=O) groups is 2. The van der Waals surface area contributed by atoms with Crippen molar-refractivity contribution >= 4 is 12.2 Å². The van der Waals surface area contributed by atoms with Crippen molar-refractivity contribution in [2.75, 3.05) is 20.8 Å². The number of amides is 2. The van der Waals surface area contributed by atoms with Crippen molar-refractivity contribution in [3.05, 3.63) is 0 Å². The lowest BCUT2D eigenvalue weighted by Gasteiger charge is -2.28. The molecule has 0 bridgehead atoms. The molecule has 5 nitrogen and oxygen atoms in total. The minimum Gasteiger partial charge on any atom is -0.359 e. The predicted molar refractivity (Wildman–Crippen MR) is 32.3 cm³/mol. The molecule has 0 aromatic carbocycles. The molecule has 1 aliphatic rings. The minimum absolute atomic E-state index is 0.289. The first-order chi connectivity index (χ1) is 4.61. The molecule has 0 spiro atoms. The Morgan fingerprint density at radius 2 is 1.60 bits per heavy atom.